The van der Waals surface area contributed by atoms with Gasteiger partial charge in [-0.2, -0.15) is 0 Å². The van der Waals surface area contributed by atoms with Crippen LogP contribution in [0, 0.1) is 17.0 Å². The lowest BCUT2D eigenvalue weighted by Crippen LogP contribution is -2.50. The van der Waals surface area contributed by atoms with E-state index in [-0.39, 0.29) is 36.3 Å². The summed E-state index contributed by atoms with van der Waals surface area (Å²) in [5.74, 6) is -0.670. The van der Waals surface area contributed by atoms with Gasteiger partial charge in [-0.15, -0.1) is 0 Å². The number of urea groups is 1. The molecular formula is C29H38F3N5O. The second-order valence-corrected chi connectivity index (χ2v) is 11.0. The van der Waals surface area contributed by atoms with Crippen LogP contribution in [0.5, 0.6) is 0 Å². The molecule has 0 bridgehead atoms. The number of hydrogen-bond donors (Lipinski definition) is 2. The van der Waals surface area contributed by atoms with Gasteiger partial charge in [-0.3, -0.25) is 0 Å². The number of benzene rings is 2. The average molecular weight is 530 g/mol. The standard InChI is InChI=1S/C29H38F3N5O/c1-19(2)34-28(38)37(14-13-22(33)16-30)26(29(3,4)5)27-35-25(23-15-21(31)11-12-24(23)32)18-36(27)17-20-9-7-6-8-10-20/h6-12,15,18-19,22,26H,13-14,16-17,33H2,1-5H3,(H,34,38). The highest BCUT2D eigenvalue weighted by atomic mass is 19.1. The Bertz CT molecular complexity index is 1210. The minimum atomic E-state index is -0.717. The summed E-state index contributed by atoms with van der Waals surface area (Å²) >= 11 is 0. The predicted molar refractivity (Wildman–Crippen MR) is 144 cm³/mol. The maximum atomic E-state index is 14.8. The number of amides is 2. The number of nitrogens with zero attached hydrogens (tertiary/aromatic N) is 3. The number of rotatable bonds is 10. The number of alkyl halides is 1. The molecule has 2 amide bonds. The molecule has 0 spiro atoms. The zero-order valence-corrected chi connectivity index (χ0v) is 22.7. The molecule has 0 fully saturated rings. The number of imidazole rings is 1. The van der Waals surface area contributed by atoms with E-state index in [4.69, 9.17) is 10.7 Å². The van der Waals surface area contributed by atoms with Gasteiger partial charge < -0.3 is 20.5 Å². The molecule has 1 aromatic heterocycles. The van der Waals surface area contributed by atoms with Gasteiger partial charge in [0.2, 0.25) is 0 Å². The van der Waals surface area contributed by atoms with Gasteiger partial charge in [0.05, 0.1) is 11.7 Å². The van der Waals surface area contributed by atoms with Gasteiger partial charge in [-0.25, -0.2) is 22.9 Å². The first kappa shape index (κ1) is 29.2. The summed E-state index contributed by atoms with van der Waals surface area (Å²) in [6.07, 6.45) is 1.93. The molecule has 38 heavy (non-hydrogen) atoms. The summed E-state index contributed by atoms with van der Waals surface area (Å²) in [7, 11) is 0. The molecule has 0 aliphatic carbocycles. The first-order valence-electron chi connectivity index (χ1n) is 12.9. The largest absolute Gasteiger partial charge is 0.336 e. The summed E-state index contributed by atoms with van der Waals surface area (Å²) in [6, 6.07) is 11.1. The van der Waals surface area contributed by atoms with Crippen molar-refractivity contribution in [3.63, 3.8) is 0 Å². The lowest BCUT2D eigenvalue weighted by molar-refractivity contribution is 0.104. The Balaban J connectivity index is 2.20. The van der Waals surface area contributed by atoms with Crippen LogP contribution in [0.3, 0.4) is 0 Å². The van der Waals surface area contributed by atoms with Crippen molar-refractivity contribution in [1.29, 1.82) is 0 Å². The Morgan fingerprint density at radius 1 is 1.13 bits per heavy atom. The lowest BCUT2D eigenvalue weighted by Gasteiger charge is -2.40. The highest BCUT2D eigenvalue weighted by molar-refractivity contribution is 5.75. The van der Waals surface area contributed by atoms with Crippen LogP contribution < -0.4 is 11.1 Å². The van der Waals surface area contributed by atoms with E-state index in [0.29, 0.717) is 12.4 Å². The van der Waals surface area contributed by atoms with E-state index in [2.05, 4.69) is 5.32 Å². The molecule has 0 aliphatic rings. The lowest BCUT2D eigenvalue weighted by atomic mass is 9.84. The van der Waals surface area contributed by atoms with Crippen molar-refractivity contribution in [3.05, 3.63) is 77.8 Å². The van der Waals surface area contributed by atoms with Crippen LogP contribution in [0.25, 0.3) is 11.3 Å². The van der Waals surface area contributed by atoms with Crippen LogP contribution >= 0.6 is 0 Å². The molecule has 9 heteroatoms. The number of halogens is 3. The predicted octanol–water partition coefficient (Wildman–Crippen LogP) is 6.07. The van der Waals surface area contributed by atoms with Gasteiger partial charge in [0.15, 0.2) is 0 Å². The van der Waals surface area contributed by atoms with Crippen molar-refractivity contribution in [1.82, 2.24) is 19.8 Å². The number of nitrogens with one attached hydrogen (secondary N) is 1. The molecule has 206 valence electrons. The van der Waals surface area contributed by atoms with E-state index in [1.165, 1.54) is 0 Å². The molecule has 2 aromatic carbocycles. The first-order valence-corrected chi connectivity index (χ1v) is 12.9. The fourth-order valence-electron chi connectivity index (χ4n) is 4.43. The molecular weight excluding hydrogens is 491 g/mol. The van der Waals surface area contributed by atoms with Crippen molar-refractivity contribution < 1.29 is 18.0 Å². The van der Waals surface area contributed by atoms with Crippen molar-refractivity contribution in [2.75, 3.05) is 13.2 Å². The van der Waals surface area contributed by atoms with Crippen molar-refractivity contribution in [2.24, 2.45) is 11.1 Å². The maximum Gasteiger partial charge on any atom is 0.318 e. The topological polar surface area (TPSA) is 76.2 Å². The molecule has 1 heterocycles. The second-order valence-electron chi connectivity index (χ2n) is 11.0. The van der Waals surface area contributed by atoms with E-state index >= 15 is 0 Å². The average Bonchev–Trinajstić information content (AvgIpc) is 3.24. The highest BCUT2D eigenvalue weighted by Gasteiger charge is 2.38. The van der Waals surface area contributed by atoms with Crippen molar-refractivity contribution in [3.8, 4) is 11.3 Å². The molecule has 0 radical (unpaired) electrons. The third-order valence-electron chi connectivity index (χ3n) is 6.20. The molecule has 2 atom stereocenters. The van der Waals surface area contributed by atoms with Crippen LogP contribution in [-0.4, -0.2) is 45.8 Å². The number of carbonyl (C=O) groups excluding carboxylic acids is 1. The van der Waals surface area contributed by atoms with Crippen molar-refractivity contribution >= 4 is 6.03 Å². The zero-order valence-electron chi connectivity index (χ0n) is 22.7. The van der Waals surface area contributed by atoms with Crippen LogP contribution in [0.15, 0.2) is 54.7 Å². The summed E-state index contributed by atoms with van der Waals surface area (Å²) in [5, 5.41) is 2.94. The molecule has 6 nitrogen and oxygen atoms in total. The molecule has 0 aliphatic heterocycles. The van der Waals surface area contributed by atoms with Gasteiger partial charge in [0.1, 0.15) is 24.1 Å². The monoisotopic (exact) mass is 529 g/mol. The fourth-order valence-corrected chi connectivity index (χ4v) is 4.43. The summed E-state index contributed by atoms with van der Waals surface area (Å²) in [5.41, 5.74) is 6.61. The molecule has 0 saturated heterocycles. The van der Waals surface area contributed by atoms with Crippen LogP contribution in [-0.2, 0) is 6.54 Å². The summed E-state index contributed by atoms with van der Waals surface area (Å²) in [6.45, 7) is 9.54. The Morgan fingerprint density at radius 2 is 1.82 bits per heavy atom. The Kier molecular flexibility index (Phi) is 9.60. The van der Waals surface area contributed by atoms with E-state index in [1.54, 1.807) is 11.1 Å². The van der Waals surface area contributed by atoms with Gasteiger partial charge in [0.25, 0.3) is 0 Å². The van der Waals surface area contributed by atoms with E-state index in [1.807, 2.05) is 69.5 Å². The number of carbonyl (C=O) groups is 1. The van der Waals surface area contributed by atoms with Crippen LogP contribution in [0.1, 0.15) is 58.5 Å². The van der Waals surface area contributed by atoms with Gasteiger partial charge in [0, 0.05) is 36.9 Å². The van der Waals surface area contributed by atoms with Crippen LogP contribution in [0.2, 0.25) is 0 Å². The summed E-state index contributed by atoms with van der Waals surface area (Å²) < 4.78 is 44.0. The Morgan fingerprint density at radius 3 is 2.42 bits per heavy atom. The molecule has 3 rings (SSSR count). The molecule has 0 saturated carbocycles. The number of aromatic nitrogens is 2. The third kappa shape index (κ3) is 7.37. The third-order valence-corrected chi connectivity index (χ3v) is 6.20. The maximum absolute atomic E-state index is 14.8. The molecule has 3 N–H and O–H groups in total. The minimum absolute atomic E-state index is 0.0309. The number of hydrogen-bond acceptors (Lipinski definition) is 3. The minimum Gasteiger partial charge on any atom is -0.336 e. The Labute approximate surface area is 223 Å². The highest BCUT2D eigenvalue weighted by Crippen LogP contribution is 2.39. The van der Waals surface area contributed by atoms with Gasteiger partial charge in [-0.1, -0.05) is 51.1 Å². The summed E-state index contributed by atoms with van der Waals surface area (Å²) in [4.78, 5) is 19.9. The van der Waals surface area contributed by atoms with E-state index < -0.39 is 35.8 Å². The van der Waals surface area contributed by atoms with E-state index in [9.17, 15) is 18.0 Å². The quantitative estimate of drug-likeness (QED) is 0.335. The van der Waals surface area contributed by atoms with Gasteiger partial charge in [-0.05, 0) is 49.4 Å². The van der Waals surface area contributed by atoms with Crippen LogP contribution in [0.4, 0.5) is 18.0 Å². The molecule has 2 unspecified atom stereocenters. The molecule has 3 aromatic rings. The van der Waals surface area contributed by atoms with Crippen molar-refractivity contribution in [2.45, 2.75) is 65.7 Å². The van der Waals surface area contributed by atoms with Gasteiger partial charge >= 0.3 is 6.03 Å². The smallest absolute Gasteiger partial charge is 0.318 e. The zero-order chi connectivity index (χ0) is 28.0. The normalized spacial score (nSPS) is 13.4. The van der Waals surface area contributed by atoms with E-state index in [0.717, 1.165) is 23.8 Å². The second kappa shape index (κ2) is 12.5. The Hall–Kier alpha value is -3.33. The number of nitrogens with two attached hydrogens (primary N) is 1. The first-order chi connectivity index (χ1) is 17.9. The fraction of sp³-hybridized carbons (Fsp3) is 0.448. The SMILES string of the molecule is CC(C)NC(=O)N(CCC(N)CF)C(c1nc(-c2cc(F)ccc2F)cn1Cc1ccccc1)C(C)(C)C.